The molecule has 0 aromatic carbocycles. The number of hydrogen-bond donors (Lipinski definition) is 2. The van der Waals surface area contributed by atoms with E-state index in [4.69, 9.17) is 0 Å². The van der Waals surface area contributed by atoms with E-state index in [1.54, 1.807) is 6.20 Å². The lowest BCUT2D eigenvalue weighted by atomic mass is 10.4. The van der Waals surface area contributed by atoms with Gasteiger partial charge in [0.05, 0.1) is 0 Å². The fourth-order valence-corrected chi connectivity index (χ4v) is 1.39. The number of pyridine rings is 1. The van der Waals surface area contributed by atoms with Gasteiger partial charge in [-0.25, -0.2) is 10.1 Å². The molecular weight excluding hydrogens is 192 g/mol. The van der Waals surface area contributed by atoms with Crippen molar-refractivity contribution in [2.45, 2.75) is 0 Å². The summed E-state index contributed by atoms with van der Waals surface area (Å²) in [5.41, 5.74) is 1.81. The summed E-state index contributed by atoms with van der Waals surface area (Å²) in [6.45, 7) is 0. The molecule has 0 radical (unpaired) electrons. The molecule has 6 heteroatoms. The largest absolute Gasteiger partial charge is 0.324 e. The van der Waals surface area contributed by atoms with E-state index in [0.717, 1.165) is 11.3 Å². The van der Waals surface area contributed by atoms with E-state index in [0.29, 0.717) is 5.95 Å². The van der Waals surface area contributed by atoms with Gasteiger partial charge in [-0.2, -0.15) is 10.1 Å². The standard InChI is InChI=1S/C9H8N6/c1-3-15-4-2-10-8(15)5-7(1)13-9-11-6-12-14-9/h1-6H,(H2,11,12,13,14). The summed E-state index contributed by atoms with van der Waals surface area (Å²) in [5, 5.41) is 9.56. The topological polar surface area (TPSA) is 70.9 Å². The van der Waals surface area contributed by atoms with Gasteiger partial charge in [-0.05, 0) is 6.07 Å². The van der Waals surface area contributed by atoms with Crippen LogP contribution in [0.5, 0.6) is 0 Å². The minimum absolute atomic E-state index is 0.617. The number of fused-ring (bicyclic) bond motifs is 1. The number of nitrogens with zero attached hydrogens (tertiary/aromatic N) is 4. The van der Waals surface area contributed by atoms with Gasteiger partial charge in [-0.1, -0.05) is 0 Å². The molecular formula is C9H8N6. The highest BCUT2D eigenvalue weighted by atomic mass is 15.3. The number of H-pyrrole nitrogens is 1. The van der Waals surface area contributed by atoms with Gasteiger partial charge in [0.1, 0.15) is 12.0 Å². The van der Waals surface area contributed by atoms with Crippen LogP contribution in [0, 0.1) is 0 Å². The second kappa shape index (κ2) is 3.09. The Balaban J connectivity index is 1.97. The fraction of sp³-hybridized carbons (Fsp3) is 0. The lowest BCUT2D eigenvalue weighted by molar-refractivity contribution is 1.09. The molecule has 0 spiro atoms. The van der Waals surface area contributed by atoms with Crippen molar-refractivity contribution in [1.29, 1.82) is 0 Å². The first-order valence-corrected chi connectivity index (χ1v) is 4.47. The van der Waals surface area contributed by atoms with E-state index in [2.05, 4.69) is 25.5 Å². The van der Waals surface area contributed by atoms with E-state index in [-0.39, 0.29) is 0 Å². The number of aromatic nitrogens is 5. The molecule has 2 N–H and O–H groups in total. The predicted octanol–water partition coefficient (Wildman–Crippen LogP) is 1.20. The Morgan fingerprint density at radius 1 is 1.27 bits per heavy atom. The van der Waals surface area contributed by atoms with Gasteiger partial charge in [0, 0.05) is 30.3 Å². The molecule has 0 amide bonds. The summed E-state index contributed by atoms with van der Waals surface area (Å²) in [6, 6.07) is 3.87. The van der Waals surface area contributed by atoms with Crippen molar-refractivity contribution >= 4 is 17.3 Å². The zero-order chi connectivity index (χ0) is 10.1. The monoisotopic (exact) mass is 200 g/mol. The van der Waals surface area contributed by atoms with Crippen molar-refractivity contribution in [2.75, 3.05) is 5.32 Å². The van der Waals surface area contributed by atoms with E-state index in [1.807, 2.05) is 28.9 Å². The predicted molar refractivity (Wildman–Crippen MR) is 54.9 cm³/mol. The highest BCUT2D eigenvalue weighted by Gasteiger charge is 1.98. The van der Waals surface area contributed by atoms with Crippen LogP contribution in [0.1, 0.15) is 0 Å². The zero-order valence-corrected chi connectivity index (χ0v) is 7.75. The minimum Gasteiger partial charge on any atom is -0.324 e. The third-order valence-electron chi connectivity index (χ3n) is 2.08. The third-order valence-corrected chi connectivity index (χ3v) is 2.08. The lowest BCUT2D eigenvalue weighted by Crippen LogP contribution is -1.93. The summed E-state index contributed by atoms with van der Waals surface area (Å²) in [6.07, 6.45) is 7.04. The van der Waals surface area contributed by atoms with Gasteiger partial charge < -0.3 is 9.72 Å². The molecule has 0 fully saturated rings. The Morgan fingerprint density at radius 2 is 2.27 bits per heavy atom. The van der Waals surface area contributed by atoms with E-state index < -0.39 is 0 Å². The average Bonchev–Trinajstić information content (AvgIpc) is 2.87. The smallest absolute Gasteiger partial charge is 0.222 e. The van der Waals surface area contributed by atoms with Crippen LogP contribution in [0.3, 0.4) is 0 Å². The molecule has 15 heavy (non-hydrogen) atoms. The van der Waals surface area contributed by atoms with Gasteiger partial charge in [-0.15, -0.1) is 0 Å². The first-order chi connectivity index (χ1) is 7.42. The maximum atomic E-state index is 4.19. The summed E-state index contributed by atoms with van der Waals surface area (Å²) in [5.74, 6) is 0.617. The molecule has 0 aliphatic carbocycles. The quantitative estimate of drug-likeness (QED) is 0.652. The molecule has 3 aromatic rings. The molecule has 0 aliphatic heterocycles. The Labute approximate surface area is 85.0 Å². The molecule has 0 aliphatic rings. The Hall–Kier alpha value is -2.37. The second-order valence-electron chi connectivity index (χ2n) is 3.07. The number of rotatable bonds is 2. The average molecular weight is 200 g/mol. The van der Waals surface area contributed by atoms with Crippen molar-refractivity contribution < 1.29 is 0 Å². The summed E-state index contributed by atoms with van der Waals surface area (Å²) >= 11 is 0. The highest BCUT2D eigenvalue weighted by Crippen LogP contribution is 2.13. The van der Waals surface area contributed by atoms with Gasteiger partial charge in [0.25, 0.3) is 0 Å². The van der Waals surface area contributed by atoms with Crippen LogP contribution in [0.15, 0.2) is 37.1 Å². The van der Waals surface area contributed by atoms with E-state index >= 15 is 0 Å². The Morgan fingerprint density at radius 3 is 3.13 bits per heavy atom. The first kappa shape index (κ1) is 7.98. The SMILES string of the molecule is c1n[nH]c(Nc2ccn3ccnc3c2)n1. The first-order valence-electron chi connectivity index (χ1n) is 4.47. The van der Waals surface area contributed by atoms with Crippen LogP contribution in [0.2, 0.25) is 0 Å². The molecule has 3 rings (SSSR count). The van der Waals surface area contributed by atoms with Crippen LogP contribution < -0.4 is 5.32 Å². The van der Waals surface area contributed by atoms with Crippen LogP contribution in [0.4, 0.5) is 11.6 Å². The summed E-state index contributed by atoms with van der Waals surface area (Å²) in [7, 11) is 0. The van der Waals surface area contributed by atoms with Gasteiger partial charge in [0.2, 0.25) is 5.95 Å². The Kier molecular flexibility index (Phi) is 1.64. The summed E-state index contributed by atoms with van der Waals surface area (Å²) in [4.78, 5) is 8.16. The molecule has 0 saturated heterocycles. The van der Waals surface area contributed by atoms with Crippen molar-refractivity contribution in [3.05, 3.63) is 37.1 Å². The number of hydrogen-bond acceptors (Lipinski definition) is 4. The number of aromatic amines is 1. The van der Waals surface area contributed by atoms with Gasteiger partial charge in [0.15, 0.2) is 0 Å². The van der Waals surface area contributed by atoms with Gasteiger partial charge in [-0.3, -0.25) is 0 Å². The van der Waals surface area contributed by atoms with Gasteiger partial charge >= 0.3 is 0 Å². The van der Waals surface area contributed by atoms with Crippen molar-refractivity contribution in [2.24, 2.45) is 0 Å². The molecule has 74 valence electrons. The van der Waals surface area contributed by atoms with Crippen molar-refractivity contribution in [3.8, 4) is 0 Å². The Bertz CT molecular complexity index is 567. The molecule has 3 aromatic heterocycles. The van der Waals surface area contributed by atoms with E-state index in [1.165, 1.54) is 6.33 Å². The minimum atomic E-state index is 0.617. The molecule has 6 nitrogen and oxygen atoms in total. The third kappa shape index (κ3) is 1.41. The van der Waals surface area contributed by atoms with Crippen LogP contribution >= 0.6 is 0 Å². The van der Waals surface area contributed by atoms with Crippen molar-refractivity contribution in [1.82, 2.24) is 24.6 Å². The lowest BCUT2D eigenvalue weighted by Gasteiger charge is -2.02. The maximum Gasteiger partial charge on any atom is 0.222 e. The van der Waals surface area contributed by atoms with Crippen LogP contribution in [0.25, 0.3) is 5.65 Å². The number of nitrogens with one attached hydrogen (secondary N) is 2. The molecule has 0 atom stereocenters. The number of anilines is 2. The normalized spacial score (nSPS) is 10.7. The van der Waals surface area contributed by atoms with Crippen LogP contribution in [-0.2, 0) is 0 Å². The van der Waals surface area contributed by atoms with Crippen LogP contribution in [-0.4, -0.2) is 24.6 Å². The molecule has 0 bridgehead atoms. The molecule has 0 saturated carbocycles. The van der Waals surface area contributed by atoms with E-state index in [9.17, 15) is 0 Å². The summed E-state index contributed by atoms with van der Waals surface area (Å²) < 4.78 is 1.94. The fourth-order valence-electron chi connectivity index (χ4n) is 1.39. The molecule has 0 unspecified atom stereocenters. The molecule has 3 heterocycles. The van der Waals surface area contributed by atoms with Crippen molar-refractivity contribution in [3.63, 3.8) is 0 Å². The highest BCUT2D eigenvalue weighted by molar-refractivity contribution is 5.59. The number of imidazole rings is 1. The zero-order valence-electron chi connectivity index (χ0n) is 7.75. The maximum absolute atomic E-state index is 4.19. The second-order valence-corrected chi connectivity index (χ2v) is 3.07.